The largest absolute Gasteiger partial charge is 0.322 e. The minimum absolute atomic E-state index is 0.136. The van der Waals surface area contributed by atoms with E-state index < -0.39 is 20.9 Å². The van der Waals surface area contributed by atoms with Crippen LogP contribution in [0.15, 0.2) is 71.6 Å². The summed E-state index contributed by atoms with van der Waals surface area (Å²) >= 11 is 0. The Labute approximate surface area is 185 Å². The third-order valence-electron chi connectivity index (χ3n) is 5.50. The summed E-state index contributed by atoms with van der Waals surface area (Å²) in [6.07, 6.45) is 1.42. The summed E-state index contributed by atoms with van der Waals surface area (Å²) in [7, 11) is -3.75. The van der Waals surface area contributed by atoms with Crippen molar-refractivity contribution in [2.75, 3.05) is 16.2 Å². The van der Waals surface area contributed by atoms with Crippen LogP contribution in [0.4, 0.5) is 17.1 Å². The van der Waals surface area contributed by atoms with Gasteiger partial charge in [0.25, 0.3) is 21.6 Å². The molecule has 8 nitrogen and oxygen atoms in total. The molecule has 0 atom stereocenters. The first-order valence-corrected chi connectivity index (χ1v) is 11.5. The molecule has 32 heavy (non-hydrogen) atoms. The van der Waals surface area contributed by atoms with E-state index in [1.807, 2.05) is 0 Å². The Morgan fingerprint density at radius 3 is 2.53 bits per heavy atom. The fraction of sp³-hybridized carbons (Fsp3) is 0.174. The highest BCUT2D eigenvalue weighted by Gasteiger charge is 2.29. The quantitative estimate of drug-likeness (QED) is 0.459. The highest BCUT2D eigenvalue weighted by Crippen LogP contribution is 2.34. The molecule has 3 aromatic carbocycles. The van der Waals surface area contributed by atoms with E-state index in [0.29, 0.717) is 24.3 Å². The first kappa shape index (κ1) is 21.5. The molecule has 4 rings (SSSR count). The zero-order valence-corrected chi connectivity index (χ0v) is 18.1. The molecule has 0 aliphatic carbocycles. The summed E-state index contributed by atoms with van der Waals surface area (Å²) in [6, 6.07) is 17.7. The van der Waals surface area contributed by atoms with Crippen LogP contribution in [-0.2, 0) is 16.4 Å². The molecule has 1 amide bonds. The van der Waals surface area contributed by atoms with Crippen LogP contribution in [0.3, 0.4) is 0 Å². The van der Waals surface area contributed by atoms with Gasteiger partial charge in [-0.05, 0) is 55.7 Å². The lowest BCUT2D eigenvalue weighted by molar-refractivity contribution is -0.385. The number of nitrogens with one attached hydrogen (secondary N) is 1. The first-order valence-electron chi connectivity index (χ1n) is 10.0. The average molecular weight is 452 g/mol. The zero-order chi connectivity index (χ0) is 22.9. The van der Waals surface area contributed by atoms with E-state index in [9.17, 15) is 23.3 Å². The van der Waals surface area contributed by atoms with Crippen molar-refractivity contribution in [1.29, 1.82) is 0 Å². The van der Waals surface area contributed by atoms with Crippen molar-refractivity contribution in [3.05, 3.63) is 93.5 Å². The molecule has 1 heterocycles. The number of rotatable bonds is 5. The fourth-order valence-electron chi connectivity index (χ4n) is 3.85. The SMILES string of the molecule is Cc1c(C(=O)Nc2ccc3c(c2)N(S(=O)(=O)c2ccccc2)CCC3)cccc1[N+](=O)[O-]. The lowest BCUT2D eigenvalue weighted by Gasteiger charge is -2.31. The van der Waals surface area contributed by atoms with E-state index in [4.69, 9.17) is 0 Å². The first-order chi connectivity index (χ1) is 15.3. The molecular formula is C23H21N3O5S. The smallest absolute Gasteiger partial charge is 0.273 e. The van der Waals surface area contributed by atoms with Gasteiger partial charge in [-0.3, -0.25) is 19.2 Å². The molecule has 1 aliphatic rings. The molecule has 0 saturated heterocycles. The zero-order valence-electron chi connectivity index (χ0n) is 17.3. The predicted octanol–water partition coefficient (Wildman–Crippen LogP) is 4.30. The number of benzene rings is 3. The van der Waals surface area contributed by atoms with Crippen molar-refractivity contribution in [3.8, 4) is 0 Å². The Bertz CT molecular complexity index is 1310. The van der Waals surface area contributed by atoms with Crippen LogP contribution in [0, 0.1) is 17.0 Å². The number of nitro groups is 1. The molecule has 0 saturated carbocycles. The minimum atomic E-state index is -3.75. The van der Waals surface area contributed by atoms with Gasteiger partial charge in [0.15, 0.2) is 0 Å². The highest BCUT2D eigenvalue weighted by molar-refractivity contribution is 7.92. The summed E-state index contributed by atoms with van der Waals surface area (Å²) in [5, 5.41) is 13.9. The summed E-state index contributed by atoms with van der Waals surface area (Å²) in [6.45, 7) is 1.86. The van der Waals surface area contributed by atoms with E-state index in [0.717, 1.165) is 12.0 Å². The van der Waals surface area contributed by atoms with Gasteiger partial charge in [-0.25, -0.2) is 8.42 Å². The third kappa shape index (κ3) is 3.94. The van der Waals surface area contributed by atoms with Crippen molar-refractivity contribution in [3.63, 3.8) is 0 Å². The second-order valence-corrected chi connectivity index (χ2v) is 9.36. The molecule has 0 bridgehead atoms. The molecule has 0 spiro atoms. The average Bonchev–Trinajstić information content (AvgIpc) is 2.79. The molecule has 0 aromatic heterocycles. The number of anilines is 2. The van der Waals surface area contributed by atoms with Crippen LogP contribution >= 0.6 is 0 Å². The van der Waals surface area contributed by atoms with Crippen molar-refractivity contribution in [2.24, 2.45) is 0 Å². The number of sulfonamides is 1. The molecule has 3 aromatic rings. The van der Waals surface area contributed by atoms with Crippen LogP contribution in [-0.4, -0.2) is 25.8 Å². The Morgan fingerprint density at radius 1 is 1.06 bits per heavy atom. The number of hydrogen-bond acceptors (Lipinski definition) is 5. The number of fused-ring (bicyclic) bond motifs is 1. The number of carbonyl (C=O) groups excluding carboxylic acids is 1. The molecule has 1 aliphatic heterocycles. The Hall–Kier alpha value is -3.72. The topological polar surface area (TPSA) is 110 Å². The van der Waals surface area contributed by atoms with Gasteiger partial charge in [-0.15, -0.1) is 0 Å². The predicted molar refractivity (Wildman–Crippen MR) is 122 cm³/mol. The summed E-state index contributed by atoms with van der Waals surface area (Å²) < 4.78 is 27.8. The molecule has 0 radical (unpaired) electrons. The highest BCUT2D eigenvalue weighted by atomic mass is 32.2. The van der Waals surface area contributed by atoms with E-state index in [-0.39, 0.29) is 21.7 Å². The maximum atomic E-state index is 13.2. The van der Waals surface area contributed by atoms with Crippen LogP contribution in [0.25, 0.3) is 0 Å². The number of aryl methyl sites for hydroxylation is 1. The Balaban J connectivity index is 1.67. The van der Waals surface area contributed by atoms with E-state index in [1.165, 1.54) is 29.4 Å². The lowest BCUT2D eigenvalue weighted by atomic mass is 10.0. The van der Waals surface area contributed by atoms with Gasteiger partial charge in [0.05, 0.1) is 15.5 Å². The van der Waals surface area contributed by atoms with E-state index in [2.05, 4.69) is 5.32 Å². The Kier molecular flexibility index (Phi) is 5.67. The maximum Gasteiger partial charge on any atom is 0.273 e. The molecule has 0 unspecified atom stereocenters. The van der Waals surface area contributed by atoms with Gasteiger partial charge in [-0.2, -0.15) is 0 Å². The lowest BCUT2D eigenvalue weighted by Crippen LogP contribution is -2.35. The molecule has 1 N–H and O–H groups in total. The molecule has 0 fully saturated rings. The third-order valence-corrected chi connectivity index (χ3v) is 7.32. The van der Waals surface area contributed by atoms with Gasteiger partial charge in [-0.1, -0.05) is 30.3 Å². The number of nitrogens with zero attached hydrogens (tertiary/aromatic N) is 2. The van der Waals surface area contributed by atoms with Gasteiger partial charge in [0, 0.05) is 29.4 Å². The molecule has 9 heteroatoms. The number of amides is 1. The summed E-state index contributed by atoms with van der Waals surface area (Å²) in [4.78, 5) is 23.7. The standard InChI is InChI=1S/C23H21N3O5S/c1-16-20(10-5-11-21(16)26(28)29)23(27)24-18-13-12-17-7-6-14-25(22(17)15-18)32(30,31)19-8-3-2-4-9-19/h2-5,8-13,15H,6-7,14H2,1H3,(H,24,27). The van der Waals surface area contributed by atoms with E-state index in [1.54, 1.807) is 48.5 Å². The van der Waals surface area contributed by atoms with Crippen molar-refractivity contribution < 1.29 is 18.1 Å². The maximum absolute atomic E-state index is 13.2. The molecular weight excluding hydrogens is 430 g/mol. The monoisotopic (exact) mass is 451 g/mol. The van der Waals surface area contributed by atoms with Crippen molar-refractivity contribution in [1.82, 2.24) is 0 Å². The summed E-state index contributed by atoms with van der Waals surface area (Å²) in [5.74, 6) is -0.501. The number of nitro benzene ring substituents is 1. The van der Waals surface area contributed by atoms with Gasteiger partial charge >= 0.3 is 0 Å². The van der Waals surface area contributed by atoms with Crippen molar-refractivity contribution in [2.45, 2.75) is 24.7 Å². The van der Waals surface area contributed by atoms with Crippen LogP contribution in [0.5, 0.6) is 0 Å². The van der Waals surface area contributed by atoms with Crippen LogP contribution in [0.1, 0.15) is 27.9 Å². The fourth-order valence-corrected chi connectivity index (χ4v) is 5.41. The van der Waals surface area contributed by atoms with Crippen LogP contribution in [0.2, 0.25) is 0 Å². The normalized spacial score (nSPS) is 13.3. The van der Waals surface area contributed by atoms with Gasteiger partial charge in [0.1, 0.15) is 0 Å². The van der Waals surface area contributed by atoms with E-state index >= 15 is 0 Å². The van der Waals surface area contributed by atoms with Crippen LogP contribution < -0.4 is 9.62 Å². The van der Waals surface area contributed by atoms with Crippen molar-refractivity contribution >= 4 is 33.0 Å². The number of hydrogen-bond donors (Lipinski definition) is 1. The number of carbonyl (C=O) groups is 1. The molecule has 164 valence electrons. The van der Waals surface area contributed by atoms with Gasteiger partial charge < -0.3 is 5.32 Å². The second-order valence-electron chi connectivity index (χ2n) is 7.50. The van der Waals surface area contributed by atoms with Gasteiger partial charge in [0.2, 0.25) is 0 Å². The second kappa shape index (κ2) is 8.43. The summed E-state index contributed by atoms with van der Waals surface area (Å²) in [5.41, 5.74) is 2.12. The minimum Gasteiger partial charge on any atom is -0.322 e. The Morgan fingerprint density at radius 2 is 1.81 bits per heavy atom.